The highest BCUT2D eigenvalue weighted by Gasteiger charge is 2.15. The van der Waals surface area contributed by atoms with Crippen molar-refractivity contribution in [3.05, 3.63) is 66.4 Å². The molecule has 3 rings (SSSR count). The molecule has 0 aliphatic carbocycles. The van der Waals surface area contributed by atoms with E-state index in [1.165, 1.54) is 29.6 Å². The van der Waals surface area contributed by atoms with E-state index in [0.717, 1.165) is 10.6 Å². The monoisotopic (exact) mass is 391 g/mol. The molecule has 0 radical (unpaired) electrons. The molecule has 0 saturated heterocycles. The molecular formula is C20H17N5O2S. The van der Waals surface area contributed by atoms with E-state index in [4.69, 9.17) is 0 Å². The van der Waals surface area contributed by atoms with Crippen molar-refractivity contribution in [1.29, 1.82) is 5.26 Å². The van der Waals surface area contributed by atoms with E-state index in [-0.39, 0.29) is 17.6 Å². The molecule has 0 unspecified atom stereocenters. The Morgan fingerprint density at radius 3 is 2.46 bits per heavy atom. The second-order valence-corrected chi connectivity index (χ2v) is 6.86. The minimum Gasteiger partial charge on any atom is -0.326 e. The number of nitrogens with one attached hydrogen (secondary N) is 2. The molecule has 0 aliphatic rings. The van der Waals surface area contributed by atoms with E-state index < -0.39 is 0 Å². The summed E-state index contributed by atoms with van der Waals surface area (Å²) >= 11 is 1.36. The van der Waals surface area contributed by atoms with E-state index in [1.54, 1.807) is 12.1 Å². The molecule has 0 fully saturated rings. The van der Waals surface area contributed by atoms with Gasteiger partial charge in [-0.05, 0) is 36.4 Å². The Hall–Kier alpha value is -3.57. The molecule has 2 N–H and O–H groups in total. The first kappa shape index (κ1) is 19.2. The molecule has 0 atom stereocenters. The van der Waals surface area contributed by atoms with Gasteiger partial charge in [-0.1, -0.05) is 18.2 Å². The van der Waals surface area contributed by atoms with Crippen molar-refractivity contribution >= 4 is 35.1 Å². The van der Waals surface area contributed by atoms with E-state index >= 15 is 0 Å². The smallest absolute Gasteiger partial charge is 0.235 e. The van der Waals surface area contributed by atoms with Crippen LogP contribution in [0.5, 0.6) is 0 Å². The first-order valence-electron chi connectivity index (χ1n) is 8.40. The molecular weight excluding hydrogens is 374 g/mol. The van der Waals surface area contributed by atoms with Gasteiger partial charge in [0.15, 0.2) is 5.82 Å². The molecule has 28 heavy (non-hydrogen) atoms. The number of nitriles is 1. The summed E-state index contributed by atoms with van der Waals surface area (Å²) in [6.07, 6.45) is 1.43. The Kier molecular flexibility index (Phi) is 6.09. The summed E-state index contributed by atoms with van der Waals surface area (Å²) in [7, 11) is 0. The summed E-state index contributed by atoms with van der Waals surface area (Å²) in [5.41, 5.74) is 1.74. The van der Waals surface area contributed by atoms with Crippen LogP contribution >= 0.6 is 11.8 Å². The molecule has 3 aromatic rings. The van der Waals surface area contributed by atoms with Gasteiger partial charge < -0.3 is 10.6 Å². The fourth-order valence-electron chi connectivity index (χ4n) is 2.47. The van der Waals surface area contributed by atoms with Crippen molar-refractivity contribution in [3.63, 3.8) is 0 Å². The van der Waals surface area contributed by atoms with Gasteiger partial charge in [0, 0.05) is 17.5 Å². The largest absolute Gasteiger partial charge is 0.326 e. The standard InChI is InChI=1S/C20H17N5O2S/c1-14(26)23-16-7-9-18(10-8-16)28-13-19(27)24-20-15(11-21)12-22-25(20)17-5-3-2-4-6-17/h2-10,12H,13H2,1H3,(H,23,26)(H,24,27). The fraction of sp³-hybridized carbons (Fsp3) is 0.100. The maximum atomic E-state index is 12.4. The van der Waals surface area contributed by atoms with Crippen LogP contribution in [-0.4, -0.2) is 27.3 Å². The van der Waals surface area contributed by atoms with Crippen molar-refractivity contribution < 1.29 is 9.59 Å². The third kappa shape index (κ3) is 4.78. The molecule has 7 nitrogen and oxygen atoms in total. The molecule has 1 heterocycles. The third-order valence-corrected chi connectivity index (χ3v) is 4.70. The van der Waals surface area contributed by atoms with Crippen LogP contribution in [0, 0.1) is 11.3 Å². The SMILES string of the molecule is CC(=O)Nc1ccc(SCC(=O)Nc2c(C#N)cnn2-c2ccccc2)cc1. The maximum absolute atomic E-state index is 12.4. The van der Waals surface area contributed by atoms with Gasteiger partial charge in [0.25, 0.3) is 0 Å². The summed E-state index contributed by atoms with van der Waals surface area (Å²) in [6.45, 7) is 1.45. The van der Waals surface area contributed by atoms with Crippen LogP contribution in [-0.2, 0) is 9.59 Å². The zero-order valence-electron chi connectivity index (χ0n) is 15.0. The van der Waals surface area contributed by atoms with Crippen molar-refractivity contribution in [2.75, 3.05) is 16.4 Å². The topological polar surface area (TPSA) is 99.8 Å². The number of benzene rings is 2. The van der Waals surface area contributed by atoms with Gasteiger partial charge in [0.1, 0.15) is 11.6 Å². The molecule has 0 spiro atoms. The molecule has 2 aromatic carbocycles. The zero-order valence-corrected chi connectivity index (χ0v) is 15.9. The van der Waals surface area contributed by atoms with E-state index in [2.05, 4.69) is 15.7 Å². The number of hydrogen-bond acceptors (Lipinski definition) is 5. The fourth-order valence-corrected chi connectivity index (χ4v) is 3.17. The average molecular weight is 391 g/mol. The quantitative estimate of drug-likeness (QED) is 0.627. The Balaban J connectivity index is 1.66. The minimum atomic E-state index is -0.245. The summed E-state index contributed by atoms with van der Waals surface area (Å²) in [6, 6.07) is 18.5. The molecule has 0 bridgehead atoms. The van der Waals surface area contributed by atoms with E-state index in [1.807, 2.05) is 48.5 Å². The number of hydrogen-bond donors (Lipinski definition) is 2. The van der Waals surface area contributed by atoms with E-state index in [0.29, 0.717) is 17.1 Å². The highest BCUT2D eigenvalue weighted by molar-refractivity contribution is 8.00. The lowest BCUT2D eigenvalue weighted by Gasteiger charge is -2.09. The van der Waals surface area contributed by atoms with Crippen LogP contribution in [0.3, 0.4) is 0 Å². The first-order chi connectivity index (χ1) is 13.6. The van der Waals surface area contributed by atoms with Gasteiger partial charge in [0.2, 0.25) is 11.8 Å². The summed E-state index contributed by atoms with van der Waals surface area (Å²) in [5.74, 6) is 0.137. The predicted molar refractivity (Wildman–Crippen MR) is 108 cm³/mol. The molecule has 8 heteroatoms. The van der Waals surface area contributed by atoms with Crippen LogP contribution in [0.25, 0.3) is 5.69 Å². The van der Waals surface area contributed by atoms with Crippen LogP contribution in [0.2, 0.25) is 0 Å². The van der Waals surface area contributed by atoms with Crippen LogP contribution in [0.4, 0.5) is 11.5 Å². The van der Waals surface area contributed by atoms with Gasteiger partial charge in [0.05, 0.1) is 17.6 Å². The Morgan fingerprint density at radius 2 is 1.82 bits per heavy atom. The van der Waals surface area contributed by atoms with Gasteiger partial charge in [-0.15, -0.1) is 11.8 Å². The molecule has 0 saturated carbocycles. The average Bonchev–Trinajstić information content (AvgIpc) is 3.10. The minimum absolute atomic E-state index is 0.136. The van der Waals surface area contributed by atoms with Gasteiger partial charge in [-0.2, -0.15) is 10.4 Å². The second-order valence-electron chi connectivity index (χ2n) is 5.81. The lowest BCUT2D eigenvalue weighted by Crippen LogP contribution is -2.17. The highest BCUT2D eigenvalue weighted by atomic mass is 32.2. The Bertz CT molecular complexity index is 1020. The Morgan fingerprint density at radius 1 is 1.11 bits per heavy atom. The predicted octanol–water partition coefficient (Wildman–Crippen LogP) is 3.43. The number of aromatic nitrogens is 2. The maximum Gasteiger partial charge on any atom is 0.235 e. The van der Waals surface area contributed by atoms with Crippen molar-refractivity contribution in [1.82, 2.24) is 9.78 Å². The third-order valence-electron chi connectivity index (χ3n) is 3.69. The summed E-state index contributed by atoms with van der Waals surface area (Å²) in [4.78, 5) is 24.3. The second kappa shape index (κ2) is 8.88. The van der Waals surface area contributed by atoms with Crippen molar-refractivity contribution in [2.45, 2.75) is 11.8 Å². The van der Waals surface area contributed by atoms with Gasteiger partial charge in [-0.25, -0.2) is 4.68 Å². The lowest BCUT2D eigenvalue weighted by atomic mass is 10.3. The van der Waals surface area contributed by atoms with Gasteiger partial charge >= 0.3 is 0 Å². The van der Waals surface area contributed by atoms with Crippen molar-refractivity contribution in [2.24, 2.45) is 0 Å². The Labute approximate surface area is 166 Å². The van der Waals surface area contributed by atoms with Crippen LogP contribution in [0.1, 0.15) is 12.5 Å². The lowest BCUT2D eigenvalue weighted by molar-refractivity contribution is -0.114. The normalized spacial score (nSPS) is 10.1. The number of carbonyl (C=O) groups is 2. The summed E-state index contributed by atoms with van der Waals surface area (Å²) < 4.78 is 1.53. The molecule has 2 amide bonds. The molecule has 140 valence electrons. The van der Waals surface area contributed by atoms with Crippen molar-refractivity contribution in [3.8, 4) is 11.8 Å². The number of rotatable bonds is 6. The van der Waals surface area contributed by atoms with Crippen LogP contribution in [0.15, 0.2) is 65.7 Å². The van der Waals surface area contributed by atoms with Crippen LogP contribution < -0.4 is 10.6 Å². The van der Waals surface area contributed by atoms with Gasteiger partial charge in [-0.3, -0.25) is 9.59 Å². The number of para-hydroxylation sites is 1. The number of carbonyl (C=O) groups excluding carboxylic acids is 2. The number of anilines is 2. The molecule has 0 aliphatic heterocycles. The summed E-state index contributed by atoms with van der Waals surface area (Å²) in [5, 5.41) is 19.0. The zero-order chi connectivity index (χ0) is 19.9. The first-order valence-corrected chi connectivity index (χ1v) is 9.39. The molecule has 1 aromatic heterocycles. The number of thioether (sulfide) groups is 1. The van der Waals surface area contributed by atoms with E-state index in [9.17, 15) is 14.9 Å². The number of amides is 2. The highest BCUT2D eigenvalue weighted by Crippen LogP contribution is 2.23. The number of nitrogens with zero attached hydrogens (tertiary/aromatic N) is 3.